The van der Waals surface area contributed by atoms with E-state index in [-0.39, 0.29) is 10.8 Å². The number of ether oxygens (including phenoxy) is 1. The summed E-state index contributed by atoms with van der Waals surface area (Å²) in [6, 6.07) is 19.5. The summed E-state index contributed by atoms with van der Waals surface area (Å²) in [6.07, 6.45) is 5.64. The number of H-pyrrole nitrogens is 1. The minimum absolute atomic E-state index is 0.0689. The van der Waals surface area contributed by atoms with Crippen molar-refractivity contribution in [2.75, 3.05) is 13.2 Å². The van der Waals surface area contributed by atoms with Gasteiger partial charge in [-0.1, -0.05) is 59.0 Å². The van der Waals surface area contributed by atoms with Crippen LogP contribution >= 0.6 is 11.3 Å². The lowest BCUT2D eigenvalue weighted by Crippen LogP contribution is -2.04. The van der Waals surface area contributed by atoms with Crippen LogP contribution in [0.3, 0.4) is 0 Å². The highest BCUT2D eigenvalue weighted by Gasteiger charge is 2.07. The summed E-state index contributed by atoms with van der Waals surface area (Å²) in [5.41, 5.74) is 3.93. The van der Waals surface area contributed by atoms with Crippen molar-refractivity contribution in [3.05, 3.63) is 98.7 Å². The van der Waals surface area contributed by atoms with Crippen LogP contribution in [0, 0.1) is 0 Å². The molecule has 2 N–H and O–H groups in total. The largest absolute Gasteiger partial charge is 0.494 e. The molecule has 0 bridgehead atoms. The lowest BCUT2D eigenvalue weighted by atomic mass is 10.1. The Morgan fingerprint density at radius 3 is 2.59 bits per heavy atom. The Hall–Kier alpha value is -3.91. The number of aromatic hydroxyl groups is 1. The van der Waals surface area contributed by atoms with Crippen molar-refractivity contribution < 1.29 is 14.7 Å². The van der Waals surface area contributed by atoms with Gasteiger partial charge in [0, 0.05) is 29.9 Å². The van der Waals surface area contributed by atoms with Crippen molar-refractivity contribution in [1.82, 2.24) is 9.97 Å². The molecule has 4 rings (SSSR count). The van der Waals surface area contributed by atoms with Crippen LogP contribution in [0.5, 0.6) is 11.6 Å². The first-order valence-corrected chi connectivity index (χ1v) is 10.8. The van der Waals surface area contributed by atoms with Gasteiger partial charge in [0.1, 0.15) is 12.4 Å². The molecule has 2 heterocycles. The highest BCUT2D eigenvalue weighted by Crippen LogP contribution is 2.22. The first kappa shape index (κ1) is 21.3. The molecule has 0 saturated carbocycles. The zero-order valence-electron chi connectivity index (χ0n) is 17.1. The van der Waals surface area contributed by atoms with Gasteiger partial charge in [0.05, 0.1) is 11.1 Å². The lowest BCUT2D eigenvalue weighted by molar-refractivity contribution is 0.108. The van der Waals surface area contributed by atoms with Gasteiger partial charge < -0.3 is 14.7 Å². The van der Waals surface area contributed by atoms with Gasteiger partial charge in [-0.25, -0.2) is 0 Å². The molecule has 0 aliphatic carbocycles. The molecule has 0 fully saturated rings. The topological polar surface area (TPSA) is 96.8 Å². The Labute approximate surface area is 188 Å². The Balaban J connectivity index is 1.21. The highest BCUT2D eigenvalue weighted by atomic mass is 32.1. The summed E-state index contributed by atoms with van der Waals surface area (Å²) in [5.74, 6) is 0.633. The normalized spacial score (nSPS) is 11.0. The molecule has 8 heteroatoms. The first-order valence-electron chi connectivity index (χ1n) is 9.96. The number of hydrogen-bond donors (Lipinski definition) is 2. The Bertz CT molecular complexity index is 1230. The molecule has 0 radical (unpaired) electrons. The first-order chi connectivity index (χ1) is 15.7. The van der Waals surface area contributed by atoms with E-state index in [4.69, 9.17) is 9.57 Å². The molecule has 0 saturated heterocycles. The molecule has 7 nitrogen and oxygen atoms in total. The standard InChI is InChI=1S/C24H21N3O4S/c28-23-22(32-24(29)27-23)13-17-6-8-21(9-7-17)30-10-11-31-26-15-18-12-20(16-25-14-18)19-4-2-1-3-5-19/h1-9,12,14-16,28H,10-11,13H2,(H,27,29). The van der Waals surface area contributed by atoms with E-state index in [1.54, 1.807) is 12.4 Å². The molecule has 32 heavy (non-hydrogen) atoms. The quantitative estimate of drug-likeness (QED) is 0.227. The summed E-state index contributed by atoms with van der Waals surface area (Å²) in [5, 5.41) is 13.7. The molecule has 162 valence electrons. The summed E-state index contributed by atoms with van der Waals surface area (Å²) in [6.45, 7) is 0.647. The van der Waals surface area contributed by atoms with E-state index in [0.717, 1.165) is 33.6 Å². The summed E-state index contributed by atoms with van der Waals surface area (Å²) in [4.78, 5) is 23.5. The monoisotopic (exact) mass is 447 g/mol. The number of pyridine rings is 1. The summed E-state index contributed by atoms with van der Waals surface area (Å²) >= 11 is 1.01. The van der Waals surface area contributed by atoms with E-state index in [9.17, 15) is 9.90 Å². The fourth-order valence-electron chi connectivity index (χ4n) is 3.03. The maximum absolute atomic E-state index is 11.3. The van der Waals surface area contributed by atoms with Crippen LogP contribution in [-0.4, -0.2) is 34.5 Å². The number of oxime groups is 1. The van der Waals surface area contributed by atoms with Gasteiger partial charge in [0.15, 0.2) is 6.61 Å². The summed E-state index contributed by atoms with van der Waals surface area (Å²) in [7, 11) is 0. The maximum atomic E-state index is 11.3. The zero-order valence-corrected chi connectivity index (χ0v) is 17.9. The number of nitrogens with zero attached hydrogens (tertiary/aromatic N) is 2. The molecular formula is C24H21N3O4S. The number of benzene rings is 2. The predicted molar refractivity (Wildman–Crippen MR) is 125 cm³/mol. The number of aromatic nitrogens is 2. The fraction of sp³-hybridized carbons (Fsp3) is 0.125. The van der Waals surface area contributed by atoms with Gasteiger partial charge in [0.25, 0.3) is 0 Å². The number of hydrogen-bond acceptors (Lipinski definition) is 7. The van der Waals surface area contributed by atoms with Crippen LogP contribution in [0.1, 0.15) is 16.0 Å². The van der Waals surface area contributed by atoms with Crippen LogP contribution in [-0.2, 0) is 11.3 Å². The minimum Gasteiger partial charge on any atom is -0.494 e. The van der Waals surface area contributed by atoms with Gasteiger partial charge in [-0.3, -0.25) is 14.8 Å². The minimum atomic E-state index is -0.264. The number of thiazole rings is 1. The van der Waals surface area contributed by atoms with Gasteiger partial charge in [0.2, 0.25) is 5.88 Å². The van der Waals surface area contributed by atoms with E-state index in [0.29, 0.717) is 30.3 Å². The number of rotatable bonds is 9. The van der Waals surface area contributed by atoms with Crippen molar-refractivity contribution in [1.29, 1.82) is 0 Å². The molecule has 2 aromatic carbocycles. The summed E-state index contributed by atoms with van der Waals surface area (Å²) < 4.78 is 5.65. The van der Waals surface area contributed by atoms with E-state index in [2.05, 4.69) is 15.1 Å². The lowest BCUT2D eigenvalue weighted by Gasteiger charge is -2.06. The average Bonchev–Trinajstić information content (AvgIpc) is 3.14. The smallest absolute Gasteiger partial charge is 0.307 e. The Morgan fingerprint density at radius 1 is 1.03 bits per heavy atom. The van der Waals surface area contributed by atoms with Crippen molar-refractivity contribution in [3.63, 3.8) is 0 Å². The van der Waals surface area contributed by atoms with Gasteiger partial charge in [-0.05, 0) is 29.3 Å². The molecular weight excluding hydrogens is 426 g/mol. The SMILES string of the molecule is O=c1[nH]c(O)c(Cc2ccc(OCCON=Cc3cncc(-c4ccccc4)c3)cc2)s1. The van der Waals surface area contributed by atoms with Crippen LogP contribution in [0.4, 0.5) is 0 Å². The van der Waals surface area contributed by atoms with E-state index >= 15 is 0 Å². The second-order valence-corrected chi connectivity index (χ2v) is 7.96. The molecule has 0 unspecified atom stereocenters. The van der Waals surface area contributed by atoms with Gasteiger partial charge in [-0.2, -0.15) is 0 Å². The number of aromatic amines is 1. The van der Waals surface area contributed by atoms with E-state index < -0.39 is 0 Å². The average molecular weight is 448 g/mol. The third kappa shape index (κ3) is 5.83. The number of nitrogens with one attached hydrogen (secondary N) is 1. The highest BCUT2D eigenvalue weighted by molar-refractivity contribution is 7.09. The molecule has 4 aromatic rings. The second-order valence-electron chi connectivity index (χ2n) is 6.90. The molecule has 0 amide bonds. The van der Waals surface area contributed by atoms with Crippen molar-refractivity contribution in [2.45, 2.75) is 6.42 Å². The van der Waals surface area contributed by atoms with Crippen molar-refractivity contribution >= 4 is 17.6 Å². The third-order valence-electron chi connectivity index (χ3n) is 4.57. The van der Waals surface area contributed by atoms with Gasteiger partial charge >= 0.3 is 4.87 Å². The van der Waals surface area contributed by atoms with Crippen molar-refractivity contribution in [2.24, 2.45) is 5.16 Å². The third-order valence-corrected chi connectivity index (χ3v) is 5.45. The van der Waals surface area contributed by atoms with Crippen LogP contribution in [0.2, 0.25) is 0 Å². The fourth-order valence-corrected chi connectivity index (χ4v) is 3.78. The van der Waals surface area contributed by atoms with Crippen LogP contribution in [0.15, 0.2) is 83.0 Å². The van der Waals surface area contributed by atoms with Crippen LogP contribution in [0.25, 0.3) is 11.1 Å². The Kier molecular flexibility index (Phi) is 6.94. The molecule has 2 aromatic heterocycles. The second kappa shape index (κ2) is 10.4. The Morgan fingerprint density at radius 2 is 1.84 bits per heavy atom. The zero-order chi connectivity index (χ0) is 22.2. The molecule has 0 spiro atoms. The van der Waals surface area contributed by atoms with E-state index in [1.807, 2.05) is 66.9 Å². The molecule has 0 aliphatic heterocycles. The van der Waals surface area contributed by atoms with Crippen molar-refractivity contribution in [3.8, 4) is 22.8 Å². The molecule has 0 aliphatic rings. The van der Waals surface area contributed by atoms with E-state index in [1.165, 1.54) is 0 Å². The predicted octanol–water partition coefficient (Wildman–Crippen LogP) is 4.22. The maximum Gasteiger partial charge on any atom is 0.307 e. The van der Waals surface area contributed by atoms with Gasteiger partial charge in [-0.15, -0.1) is 0 Å². The molecule has 0 atom stereocenters. The van der Waals surface area contributed by atoms with Crippen LogP contribution < -0.4 is 9.61 Å².